The molecule has 0 radical (unpaired) electrons. The predicted molar refractivity (Wildman–Crippen MR) is 91.7 cm³/mol. The van der Waals surface area contributed by atoms with Gasteiger partial charge in [-0.25, -0.2) is 9.78 Å². The first-order valence-electron chi connectivity index (χ1n) is 7.97. The van der Waals surface area contributed by atoms with E-state index in [1.54, 1.807) is 6.20 Å². The van der Waals surface area contributed by atoms with Crippen LogP contribution < -0.4 is 5.32 Å². The fourth-order valence-electron chi connectivity index (χ4n) is 2.55. The number of aromatic carboxylic acids is 1. The molecule has 2 heterocycles. The number of hydrogen-bond donors (Lipinski definition) is 2. The molecule has 2 rings (SSSR count). The third-order valence-corrected chi connectivity index (χ3v) is 4.88. The Kier molecular flexibility index (Phi) is 6.08. The molecule has 0 unspecified atom stereocenters. The van der Waals surface area contributed by atoms with E-state index in [4.69, 9.17) is 5.11 Å². The lowest BCUT2D eigenvalue weighted by molar-refractivity contribution is 0.0690. The quantitative estimate of drug-likeness (QED) is 0.763. The van der Waals surface area contributed by atoms with Crippen LogP contribution in [0.15, 0.2) is 11.6 Å². The summed E-state index contributed by atoms with van der Waals surface area (Å²) in [7, 11) is 0. The van der Waals surface area contributed by atoms with E-state index in [0.29, 0.717) is 29.6 Å². The minimum atomic E-state index is -1.04. The molecule has 1 amide bonds. The second kappa shape index (κ2) is 8.05. The van der Waals surface area contributed by atoms with Gasteiger partial charge in [-0.05, 0) is 19.8 Å². The van der Waals surface area contributed by atoms with Gasteiger partial charge in [0, 0.05) is 24.0 Å². The molecular weight excluding hydrogens is 328 g/mol. The summed E-state index contributed by atoms with van der Waals surface area (Å²) >= 11 is 1.28. The highest BCUT2D eigenvalue weighted by Gasteiger charge is 2.17. The number of aromatic nitrogens is 3. The molecule has 0 saturated carbocycles. The number of carbonyl (C=O) groups is 2. The van der Waals surface area contributed by atoms with E-state index in [1.807, 2.05) is 11.6 Å². The molecular formula is C16H22N4O3S. The van der Waals surface area contributed by atoms with E-state index < -0.39 is 5.97 Å². The molecule has 0 atom stereocenters. The Morgan fingerprint density at radius 1 is 1.38 bits per heavy atom. The van der Waals surface area contributed by atoms with E-state index >= 15 is 0 Å². The van der Waals surface area contributed by atoms with E-state index in [1.165, 1.54) is 16.7 Å². The van der Waals surface area contributed by atoms with Crippen molar-refractivity contribution in [2.45, 2.75) is 46.1 Å². The largest absolute Gasteiger partial charge is 0.476 e. The molecule has 0 bridgehead atoms. The summed E-state index contributed by atoms with van der Waals surface area (Å²) in [6, 6.07) is 0.302. The maximum absolute atomic E-state index is 12.3. The third kappa shape index (κ3) is 4.00. The van der Waals surface area contributed by atoms with Crippen LogP contribution in [-0.2, 0) is 6.42 Å². The summed E-state index contributed by atoms with van der Waals surface area (Å²) in [5.41, 5.74) is 1.49. The van der Waals surface area contributed by atoms with Crippen LogP contribution in [0.2, 0.25) is 0 Å². The van der Waals surface area contributed by atoms with Crippen molar-refractivity contribution >= 4 is 23.2 Å². The molecule has 0 aliphatic heterocycles. The molecule has 0 aromatic carbocycles. The van der Waals surface area contributed by atoms with E-state index in [9.17, 15) is 9.59 Å². The van der Waals surface area contributed by atoms with E-state index in [2.05, 4.69) is 29.2 Å². The number of carboxylic acids is 1. The van der Waals surface area contributed by atoms with E-state index in [0.717, 1.165) is 18.5 Å². The lowest BCUT2D eigenvalue weighted by Gasteiger charge is -2.15. The second-order valence-electron chi connectivity index (χ2n) is 5.50. The number of carbonyl (C=O) groups excluding carboxylic acids is 1. The summed E-state index contributed by atoms with van der Waals surface area (Å²) < 4.78 is 1.91. The van der Waals surface area contributed by atoms with Gasteiger partial charge in [0.15, 0.2) is 5.69 Å². The maximum atomic E-state index is 12.3. The summed E-state index contributed by atoms with van der Waals surface area (Å²) in [6.07, 6.45) is 4.05. The van der Waals surface area contributed by atoms with Crippen LogP contribution in [0.4, 0.5) is 0 Å². The van der Waals surface area contributed by atoms with Crippen LogP contribution in [-0.4, -0.2) is 38.3 Å². The number of nitrogens with one attached hydrogen (secondary N) is 1. The Morgan fingerprint density at radius 3 is 2.67 bits per heavy atom. The molecule has 0 saturated heterocycles. The fraction of sp³-hybridized carbons (Fsp3) is 0.500. The highest BCUT2D eigenvalue weighted by atomic mass is 32.1. The number of amides is 1. The molecule has 24 heavy (non-hydrogen) atoms. The van der Waals surface area contributed by atoms with Gasteiger partial charge in [0.1, 0.15) is 0 Å². The van der Waals surface area contributed by atoms with Gasteiger partial charge in [0.25, 0.3) is 5.91 Å². The van der Waals surface area contributed by atoms with Gasteiger partial charge >= 0.3 is 5.97 Å². The summed E-state index contributed by atoms with van der Waals surface area (Å²) in [6.45, 7) is 6.52. The van der Waals surface area contributed by atoms with Gasteiger partial charge < -0.3 is 10.4 Å². The van der Waals surface area contributed by atoms with Crippen molar-refractivity contribution in [3.63, 3.8) is 0 Å². The molecule has 8 heteroatoms. The van der Waals surface area contributed by atoms with Gasteiger partial charge in [-0.3, -0.25) is 9.48 Å². The van der Waals surface area contributed by atoms with Gasteiger partial charge in [-0.2, -0.15) is 5.10 Å². The van der Waals surface area contributed by atoms with Crippen molar-refractivity contribution in [3.05, 3.63) is 33.5 Å². The standard InChI is InChI=1S/C16H22N4O3S/c1-4-11(5-2)20-10(3)12(8-18-20)15(21)17-7-6-14-19-13(9-24-14)16(22)23/h8-9,11H,4-7H2,1-3H3,(H,17,21)(H,22,23). The Morgan fingerprint density at radius 2 is 2.08 bits per heavy atom. The molecule has 0 aliphatic rings. The normalized spacial score (nSPS) is 11.0. The molecule has 0 fully saturated rings. The highest BCUT2D eigenvalue weighted by Crippen LogP contribution is 2.19. The van der Waals surface area contributed by atoms with Crippen molar-refractivity contribution in [2.75, 3.05) is 6.54 Å². The van der Waals surface area contributed by atoms with Crippen LogP contribution in [0.25, 0.3) is 0 Å². The zero-order chi connectivity index (χ0) is 17.7. The number of nitrogens with zero attached hydrogens (tertiary/aromatic N) is 3. The second-order valence-corrected chi connectivity index (χ2v) is 6.44. The summed E-state index contributed by atoms with van der Waals surface area (Å²) in [5.74, 6) is -1.20. The number of carboxylic acid groups (broad SMARTS) is 1. The monoisotopic (exact) mass is 350 g/mol. The molecule has 2 aromatic rings. The Labute approximate surface area is 144 Å². The first-order valence-corrected chi connectivity index (χ1v) is 8.85. The molecule has 7 nitrogen and oxygen atoms in total. The van der Waals surface area contributed by atoms with Crippen LogP contribution in [0, 0.1) is 6.92 Å². The van der Waals surface area contributed by atoms with Gasteiger partial charge in [0.2, 0.25) is 0 Å². The minimum Gasteiger partial charge on any atom is -0.476 e. The third-order valence-electron chi connectivity index (χ3n) is 3.97. The van der Waals surface area contributed by atoms with Crippen LogP contribution >= 0.6 is 11.3 Å². The van der Waals surface area contributed by atoms with Crippen LogP contribution in [0.5, 0.6) is 0 Å². The van der Waals surface area contributed by atoms with Crippen molar-refractivity contribution in [3.8, 4) is 0 Å². The van der Waals surface area contributed by atoms with Gasteiger partial charge in [-0.15, -0.1) is 11.3 Å². The molecule has 0 spiro atoms. The topological polar surface area (TPSA) is 97.1 Å². The van der Waals surface area contributed by atoms with Gasteiger partial charge in [-0.1, -0.05) is 13.8 Å². The number of thiazole rings is 1. The average Bonchev–Trinajstić information content (AvgIpc) is 3.16. The zero-order valence-corrected chi connectivity index (χ0v) is 14.9. The average molecular weight is 350 g/mol. The molecule has 2 N–H and O–H groups in total. The van der Waals surface area contributed by atoms with Crippen molar-refractivity contribution in [1.29, 1.82) is 0 Å². The first kappa shape index (κ1) is 18.1. The Bertz CT molecular complexity index is 719. The highest BCUT2D eigenvalue weighted by molar-refractivity contribution is 7.09. The van der Waals surface area contributed by atoms with Crippen molar-refractivity contribution in [1.82, 2.24) is 20.1 Å². The fourth-order valence-corrected chi connectivity index (χ4v) is 3.32. The smallest absolute Gasteiger partial charge is 0.355 e. The number of hydrogen-bond acceptors (Lipinski definition) is 5. The summed E-state index contributed by atoms with van der Waals surface area (Å²) in [4.78, 5) is 27.1. The van der Waals surface area contributed by atoms with Crippen LogP contribution in [0.1, 0.15) is 64.3 Å². The predicted octanol–water partition coefficient (Wildman–Crippen LogP) is 2.68. The maximum Gasteiger partial charge on any atom is 0.355 e. The van der Waals surface area contributed by atoms with Crippen molar-refractivity contribution in [2.24, 2.45) is 0 Å². The minimum absolute atomic E-state index is 0.0450. The molecule has 2 aromatic heterocycles. The number of rotatable bonds is 8. The SMILES string of the molecule is CCC(CC)n1ncc(C(=O)NCCc2nc(C(=O)O)cs2)c1C. The first-order chi connectivity index (χ1) is 11.5. The van der Waals surface area contributed by atoms with Gasteiger partial charge in [0.05, 0.1) is 22.8 Å². The van der Waals surface area contributed by atoms with Crippen molar-refractivity contribution < 1.29 is 14.7 Å². The zero-order valence-electron chi connectivity index (χ0n) is 14.1. The lowest BCUT2D eigenvalue weighted by atomic mass is 10.1. The molecule has 130 valence electrons. The lowest BCUT2D eigenvalue weighted by Crippen LogP contribution is -2.26. The van der Waals surface area contributed by atoms with Crippen LogP contribution in [0.3, 0.4) is 0 Å². The summed E-state index contributed by atoms with van der Waals surface area (Å²) in [5, 5.41) is 18.2. The van der Waals surface area contributed by atoms with E-state index in [-0.39, 0.29) is 11.6 Å². The Balaban J connectivity index is 1.94. The molecule has 0 aliphatic carbocycles. The Hall–Kier alpha value is -2.22.